The number of nitrogens with zero attached hydrogens (tertiary/aromatic N) is 1. The summed E-state index contributed by atoms with van der Waals surface area (Å²) in [6, 6.07) is 7.39. The van der Waals surface area contributed by atoms with Crippen LogP contribution in [0.3, 0.4) is 0 Å². The average molecular weight is 456 g/mol. The van der Waals surface area contributed by atoms with E-state index < -0.39 is 9.84 Å². The first-order valence-electron chi connectivity index (χ1n) is 11.5. The lowest BCUT2D eigenvalue weighted by Gasteiger charge is -2.25. The monoisotopic (exact) mass is 455 g/mol. The van der Waals surface area contributed by atoms with Crippen LogP contribution in [-0.2, 0) is 14.6 Å². The molecule has 1 fully saturated rings. The summed E-state index contributed by atoms with van der Waals surface area (Å²) in [5.74, 6) is 0.771. The minimum atomic E-state index is -3.22. The Labute approximate surface area is 191 Å². The molecule has 6 nitrogen and oxygen atoms in total. The number of sulfone groups is 1. The van der Waals surface area contributed by atoms with Gasteiger partial charge in [-0.2, -0.15) is 0 Å². The van der Waals surface area contributed by atoms with Gasteiger partial charge in [-0.3, -0.25) is 9.79 Å². The van der Waals surface area contributed by atoms with Gasteiger partial charge in [-0.15, -0.1) is 0 Å². The van der Waals surface area contributed by atoms with Crippen molar-refractivity contribution in [3.8, 4) is 0 Å². The van der Waals surface area contributed by atoms with Crippen LogP contribution in [-0.4, -0.2) is 39.0 Å². The third-order valence-electron chi connectivity index (χ3n) is 6.61. The molecule has 0 bridgehead atoms. The fraction of sp³-hybridized carbons (Fsp3) is 0.520. The second kappa shape index (κ2) is 9.22. The Kier molecular flexibility index (Phi) is 6.56. The van der Waals surface area contributed by atoms with Crippen LogP contribution in [0.4, 0.5) is 0 Å². The molecule has 1 aliphatic carbocycles. The SMILES string of the molecule is CC(C)NC(=O)C1=CC2C=C(C(CC3CCCC3)c3ccc(S(C)(=O)=O)cc3)NC2N=C1. The molecular formula is C25H33N3O3S. The summed E-state index contributed by atoms with van der Waals surface area (Å²) in [6.07, 6.45) is 13.1. The Hall–Kier alpha value is -2.41. The zero-order chi connectivity index (χ0) is 22.9. The van der Waals surface area contributed by atoms with Crippen LogP contribution in [0.15, 0.2) is 57.6 Å². The molecular weight excluding hydrogens is 422 g/mol. The number of carbonyl (C=O) groups excluding carboxylic acids is 1. The predicted molar refractivity (Wildman–Crippen MR) is 127 cm³/mol. The number of hydrogen-bond acceptors (Lipinski definition) is 5. The van der Waals surface area contributed by atoms with Crippen molar-refractivity contribution in [1.29, 1.82) is 0 Å². The Morgan fingerprint density at radius 1 is 1.16 bits per heavy atom. The van der Waals surface area contributed by atoms with Gasteiger partial charge in [0.15, 0.2) is 9.84 Å². The largest absolute Gasteiger partial charge is 0.366 e. The van der Waals surface area contributed by atoms with E-state index in [1.807, 2.05) is 32.1 Å². The van der Waals surface area contributed by atoms with Gasteiger partial charge in [-0.05, 0) is 43.9 Å². The van der Waals surface area contributed by atoms with Crippen LogP contribution in [0.2, 0.25) is 0 Å². The van der Waals surface area contributed by atoms with E-state index in [1.54, 1.807) is 18.3 Å². The molecule has 0 spiro atoms. The van der Waals surface area contributed by atoms with Crippen molar-refractivity contribution in [2.75, 3.05) is 6.26 Å². The van der Waals surface area contributed by atoms with Crippen LogP contribution >= 0.6 is 0 Å². The predicted octanol–water partition coefficient (Wildman–Crippen LogP) is 3.72. The molecule has 3 atom stereocenters. The lowest BCUT2D eigenvalue weighted by Crippen LogP contribution is -2.35. The lowest BCUT2D eigenvalue weighted by molar-refractivity contribution is -0.117. The van der Waals surface area contributed by atoms with Gasteiger partial charge in [0, 0.05) is 36.0 Å². The van der Waals surface area contributed by atoms with Crippen LogP contribution in [0.25, 0.3) is 0 Å². The van der Waals surface area contributed by atoms with Crippen molar-refractivity contribution >= 4 is 22.0 Å². The van der Waals surface area contributed by atoms with E-state index in [9.17, 15) is 13.2 Å². The first kappa shape index (κ1) is 22.8. The fourth-order valence-electron chi connectivity index (χ4n) is 4.97. The number of nitrogens with one attached hydrogen (secondary N) is 2. The van der Waals surface area contributed by atoms with Crippen molar-refractivity contribution in [3.63, 3.8) is 0 Å². The van der Waals surface area contributed by atoms with Gasteiger partial charge in [-0.25, -0.2) is 8.42 Å². The summed E-state index contributed by atoms with van der Waals surface area (Å²) < 4.78 is 23.8. The number of fused-ring (bicyclic) bond motifs is 1. The molecule has 2 aliphatic heterocycles. The number of hydrogen-bond donors (Lipinski definition) is 2. The molecule has 7 heteroatoms. The van der Waals surface area contributed by atoms with E-state index in [0.29, 0.717) is 16.4 Å². The van der Waals surface area contributed by atoms with Crippen molar-refractivity contribution < 1.29 is 13.2 Å². The minimum Gasteiger partial charge on any atom is -0.366 e. The van der Waals surface area contributed by atoms with E-state index in [0.717, 1.165) is 17.7 Å². The number of allylic oxidation sites excluding steroid dienone is 1. The van der Waals surface area contributed by atoms with E-state index >= 15 is 0 Å². The van der Waals surface area contributed by atoms with E-state index in [-0.39, 0.29) is 30.0 Å². The molecule has 2 heterocycles. The molecule has 1 saturated carbocycles. The maximum atomic E-state index is 12.4. The molecule has 1 amide bonds. The highest BCUT2D eigenvalue weighted by Crippen LogP contribution is 2.40. The topological polar surface area (TPSA) is 87.6 Å². The van der Waals surface area contributed by atoms with Gasteiger partial charge in [0.05, 0.1) is 10.5 Å². The average Bonchev–Trinajstić information content (AvgIpc) is 3.40. The minimum absolute atomic E-state index is 0.0317. The van der Waals surface area contributed by atoms with Gasteiger partial charge in [0.1, 0.15) is 6.17 Å². The summed E-state index contributed by atoms with van der Waals surface area (Å²) in [5.41, 5.74) is 2.84. The molecule has 0 saturated heterocycles. The highest BCUT2D eigenvalue weighted by Gasteiger charge is 2.33. The van der Waals surface area contributed by atoms with Gasteiger partial charge in [0.25, 0.3) is 5.91 Å². The Balaban J connectivity index is 1.60. The number of amides is 1. The van der Waals surface area contributed by atoms with Crippen molar-refractivity contribution in [1.82, 2.24) is 10.6 Å². The molecule has 1 aromatic rings. The Morgan fingerprint density at radius 2 is 1.84 bits per heavy atom. The lowest BCUT2D eigenvalue weighted by atomic mass is 9.85. The highest BCUT2D eigenvalue weighted by atomic mass is 32.2. The van der Waals surface area contributed by atoms with Crippen LogP contribution in [0.1, 0.15) is 57.4 Å². The molecule has 4 rings (SSSR count). The Morgan fingerprint density at radius 3 is 2.47 bits per heavy atom. The van der Waals surface area contributed by atoms with Gasteiger partial charge in [-0.1, -0.05) is 50.0 Å². The molecule has 32 heavy (non-hydrogen) atoms. The molecule has 172 valence electrons. The molecule has 3 unspecified atom stereocenters. The second-order valence-electron chi connectivity index (χ2n) is 9.60. The summed E-state index contributed by atoms with van der Waals surface area (Å²) in [4.78, 5) is 17.4. The van der Waals surface area contributed by atoms with Crippen molar-refractivity contribution in [2.45, 2.75) is 69.0 Å². The molecule has 0 aromatic heterocycles. The number of dihydropyridines is 1. The Bertz CT molecular complexity index is 1050. The summed E-state index contributed by atoms with van der Waals surface area (Å²) in [6.45, 7) is 3.89. The van der Waals surface area contributed by atoms with Crippen LogP contribution in [0.5, 0.6) is 0 Å². The van der Waals surface area contributed by atoms with E-state index in [2.05, 4.69) is 21.7 Å². The fourth-order valence-corrected chi connectivity index (χ4v) is 5.60. The molecule has 3 aliphatic rings. The number of rotatable bonds is 7. The first-order chi connectivity index (χ1) is 15.2. The third kappa shape index (κ3) is 5.14. The zero-order valence-electron chi connectivity index (χ0n) is 19.0. The summed E-state index contributed by atoms with van der Waals surface area (Å²) in [5, 5.41) is 6.51. The second-order valence-corrected chi connectivity index (χ2v) is 11.6. The van der Waals surface area contributed by atoms with Crippen molar-refractivity contribution in [2.24, 2.45) is 16.8 Å². The van der Waals surface area contributed by atoms with Gasteiger partial charge < -0.3 is 10.6 Å². The van der Waals surface area contributed by atoms with Gasteiger partial charge in [0.2, 0.25) is 0 Å². The summed E-state index contributed by atoms with van der Waals surface area (Å²) >= 11 is 0. The summed E-state index contributed by atoms with van der Waals surface area (Å²) in [7, 11) is -3.22. The highest BCUT2D eigenvalue weighted by molar-refractivity contribution is 7.90. The number of aliphatic imine (C=N–C) groups is 1. The molecule has 0 radical (unpaired) electrons. The standard InChI is InChI=1S/C25H33N3O3S/c1-16(2)27-25(29)20-13-19-14-23(28-24(19)26-15-20)22(12-17-6-4-5-7-17)18-8-10-21(11-9-18)32(3,30)31/h8-11,13-17,19,22,24,28H,4-7,12H2,1-3H3,(H,27,29). The van der Waals surface area contributed by atoms with Crippen LogP contribution in [0, 0.1) is 11.8 Å². The normalized spacial score (nSPS) is 24.0. The van der Waals surface area contributed by atoms with Gasteiger partial charge >= 0.3 is 0 Å². The molecule has 2 N–H and O–H groups in total. The van der Waals surface area contributed by atoms with E-state index in [4.69, 9.17) is 0 Å². The maximum absolute atomic E-state index is 12.4. The number of carbonyl (C=O) groups is 1. The third-order valence-corrected chi connectivity index (χ3v) is 7.74. The van der Waals surface area contributed by atoms with Crippen LogP contribution < -0.4 is 10.6 Å². The molecule has 1 aromatic carbocycles. The smallest absolute Gasteiger partial charge is 0.252 e. The zero-order valence-corrected chi connectivity index (χ0v) is 19.9. The number of benzene rings is 1. The first-order valence-corrected chi connectivity index (χ1v) is 13.4. The quantitative estimate of drug-likeness (QED) is 0.656. The maximum Gasteiger partial charge on any atom is 0.252 e. The van der Waals surface area contributed by atoms with E-state index in [1.165, 1.54) is 31.9 Å². The van der Waals surface area contributed by atoms with Crippen molar-refractivity contribution in [3.05, 3.63) is 53.3 Å².